The molecular weight excluding hydrogens is 148 g/mol. The maximum absolute atomic E-state index is 4.06. The van der Waals surface area contributed by atoms with E-state index < -0.39 is 0 Å². The molecular formula is C10H18N2. The Morgan fingerprint density at radius 1 is 1.33 bits per heavy atom. The van der Waals surface area contributed by atoms with Gasteiger partial charge in [-0.1, -0.05) is 19.9 Å². The number of hydrogen-bond acceptors (Lipinski definition) is 2. The van der Waals surface area contributed by atoms with E-state index >= 15 is 0 Å². The van der Waals surface area contributed by atoms with Crippen LogP contribution in [-0.4, -0.2) is 12.0 Å². The lowest BCUT2D eigenvalue weighted by molar-refractivity contribution is 0.812. The van der Waals surface area contributed by atoms with Crippen molar-refractivity contribution in [1.29, 1.82) is 0 Å². The van der Waals surface area contributed by atoms with Crippen LogP contribution in [0.3, 0.4) is 0 Å². The molecule has 1 aromatic heterocycles. The molecule has 0 aliphatic heterocycles. The standard InChI is InChI=1S/C8H12N2.C2H6/c1-7-3-8(5-9-2)6-10-4-7;1-2/h3-4,6,9H,5H2,1-2H3;1-2H3. The molecule has 0 bridgehead atoms. The average molecular weight is 166 g/mol. The van der Waals surface area contributed by atoms with Crippen LogP contribution in [0, 0.1) is 6.92 Å². The summed E-state index contributed by atoms with van der Waals surface area (Å²) in [6.07, 6.45) is 3.74. The van der Waals surface area contributed by atoms with E-state index in [4.69, 9.17) is 0 Å². The highest BCUT2D eigenvalue weighted by atomic mass is 14.8. The Morgan fingerprint density at radius 2 is 2.00 bits per heavy atom. The summed E-state index contributed by atoms with van der Waals surface area (Å²) in [6, 6.07) is 2.13. The van der Waals surface area contributed by atoms with Crippen molar-refractivity contribution in [2.75, 3.05) is 7.05 Å². The molecule has 1 N–H and O–H groups in total. The number of pyridine rings is 1. The van der Waals surface area contributed by atoms with Gasteiger partial charge in [0.2, 0.25) is 0 Å². The molecule has 1 heterocycles. The Kier molecular flexibility index (Phi) is 6.29. The van der Waals surface area contributed by atoms with Crippen LogP contribution in [0.5, 0.6) is 0 Å². The van der Waals surface area contributed by atoms with Crippen LogP contribution in [0.2, 0.25) is 0 Å². The minimum absolute atomic E-state index is 0.898. The van der Waals surface area contributed by atoms with Gasteiger partial charge >= 0.3 is 0 Å². The highest BCUT2D eigenvalue weighted by Crippen LogP contribution is 1.99. The quantitative estimate of drug-likeness (QED) is 0.728. The van der Waals surface area contributed by atoms with Crippen molar-refractivity contribution < 1.29 is 0 Å². The molecule has 2 nitrogen and oxygen atoms in total. The number of nitrogens with one attached hydrogen (secondary N) is 1. The lowest BCUT2D eigenvalue weighted by atomic mass is 10.2. The van der Waals surface area contributed by atoms with E-state index in [2.05, 4.69) is 16.4 Å². The Hall–Kier alpha value is -0.890. The molecule has 0 saturated carbocycles. The van der Waals surface area contributed by atoms with Crippen molar-refractivity contribution in [2.24, 2.45) is 0 Å². The number of rotatable bonds is 2. The molecule has 1 rings (SSSR count). The molecule has 0 unspecified atom stereocenters. The first-order chi connectivity index (χ1) is 5.83. The SMILES string of the molecule is CC.CNCc1cncc(C)c1. The second kappa shape index (κ2) is 6.80. The molecule has 0 aliphatic rings. The van der Waals surface area contributed by atoms with Gasteiger partial charge in [-0.25, -0.2) is 0 Å². The average Bonchev–Trinajstić information content (AvgIpc) is 2.09. The molecule has 2 heteroatoms. The van der Waals surface area contributed by atoms with Crippen LogP contribution in [0.4, 0.5) is 0 Å². The molecule has 68 valence electrons. The number of aryl methyl sites for hydroxylation is 1. The summed E-state index contributed by atoms with van der Waals surface area (Å²) in [5.74, 6) is 0. The summed E-state index contributed by atoms with van der Waals surface area (Å²) in [4.78, 5) is 4.06. The lowest BCUT2D eigenvalue weighted by Gasteiger charge is -1.98. The highest BCUT2D eigenvalue weighted by molar-refractivity contribution is 5.16. The summed E-state index contributed by atoms with van der Waals surface area (Å²) in [7, 11) is 1.93. The highest BCUT2D eigenvalue weighted by Gasteiger charge is 1.89. The van der Waals surface area contributed by atoms with Gasteiger partial charge in [0.1, 0.15) is 0 Å². The first-order valence-electron chi connectivity index (χ1n) is 4.38. The summed E-state index contributed by atoms with van der Waals surface area (Å²) in [5.41, 5.74) is 2.45. The number of nitrogens with zero attached hydrogens (tertiary/aromatic N) is 1. The zero-order chi connectivity index (χ0) is 9.40. The first kappa shape index (κ1) is 11.1. The summed E-state index contributed by atoms with van der Waals surface area (Å²) in [5, 5.41) is 3.07. The van der Waals surface area contributed by atoms with Crippen LogP contribution >= 0.6 is 0 Å². The molecule has 0 radical (unpaired) electrons. The van der Waals surface area contributed by atoms with Gasteiger partial charge in [-0.3, -0.25) is 4.98 Å². The van der Waals surface area contributed by atoms with Crippen molar-refractivity contribution >= 4 is 0 Å². The van der Waals surface area contributed by atoms with Gasteiger partial charge in [0, 0.05) is 18.9 Å². The molecule has 1 aromatic rings. The van der Waals surface area contributed by atoms with Crippen LogP contribution in [-0.2, 0) is 6.54 Å². The molecule has 0 aliphatic carbocycles. The largest absolute Gasteiger partial charge is 0.316 e. The maximum Gasteiger partial charge on any atom is 0.0313 e. The molecule has 0 aromatic carbocycles. The molecule has 0 fully saturated rings. The van der Waals surface area contributed by atoms with Gasteiger partial charge in [0.15, 0.2) is 0 Å². The Balaban J connectivity index is 0.000000561. The maximum atomic E-state index is 4.06. The summed E-state index contributed by atoms with van der Waals surface area (Å²) in [6.45, 7) is 6.95. The van der Waals surface area contributed by atoms with E-state index in [1.807, 2.05) is 40.2 Å². The second-order valence-electron chi connectivity index (χ2n) is 2.40. The lowest BCUT2D eigenvalue weighted by Crippen LogP contribution is -2.05. The van der Waals surface area contributed by atoms with E-state index in [-0.39, 0.29) is 0 Å². The Labute approximate surface area is 75.0 Å². The monoisotopic (exact) mass is 166 g/mol. The van der Waals surface area contributed by atoms with Crippen molar-refractivity contribution in [3.8, 4) is 0 Å². The van der Waals surface area contributed by atoms with Crippen molar-refractivity contribution in [3.05, 3.63) is 29.6 Å². The minimum atomic E-state index is 0.898. The molecule has 0 spiro atoms. The Bertz CT molecular complexity index is 209. The van der Waals surface area contributed by atoms with Gasteiger partial charge < -0.3 is 5.32 Å². The first-order valence-corrected chi connectivity index (χ1v) is 4.38. The molecule has 0 amide bonds. The van der Waals surface area contributed by atoms with E-state index in [0.717, 1.165) is 6.54 Å². The van der Waals surface area contributed by atoms with Gasteiger partial charge in [0.25, 0.3) is 0 Å². The van der Waals surface area contributed by atoms with Gasteiger partial charge in [-0.15, -0.1) is 0 Å². The van der Waals surface area contributed by atoms with Crippen molar-refractivity contribution in [2.45, 2.75) is 27.3 Å². The third kappa shape index (κ3) is 4.09. The molecule has 0 atom stereocenters. The number of aromatic nitrogens is 1. The van der Waals surface area contributed by atoms with E-state index in [9.17, 15) is 0 Å². The van der Waals surface area contributed by atoms with Crippen LogP contribution in [0.1, 0.15) is 25.0 Å². The van der Waals surface area contributed by atoms with Gasteiger partial charge in [-0.05, 0) is 25.1 Å². The van der Waals surface area contributed by atoms with Crippen molar-refractivity contribution in [3.63, 3.8) is 0 Å². The second-order valence-corrected chi connectivity index (χ2v) is 2.40. The zero-order valence-electron chi connectivity index (χ0n) is 8.39. The fourth-order valence-electron chi connectivity index (χ4n) is 0.918. The van der Waals surface area contributed by atoms with Gasteiger partial charge in [-0.2, -0.15) is 0 Å². The van der Waals surface area contributed by atoms with Crippen molar-refractivity contribution in [1.82, 2.24) is 10.3 Å². The predicted octanol–water partition coefficient (Wildman–Crippen LogP) is 2.14. The van der Waals surface area contributed by atoms with Crippen LogP contribution < -0.4 is 5.32 Å². The fourth-order valence-corrected chi connectivity index (χ4v) is 0.918. The predicted molar refractivity (Wildman–Crippen MR) is 53.1 cm³/mol. The van der Waals surface area contributed by atoms with E-state index in [0.29, 0.717) is 0 Å². The van der Waals surface area contributed by atoms with Gasteiger partial charge in [0.05, 0.1) is 0 Å². The summed E-state index contributed by atoms with van der Waals surface area (Å²) >= 11 is 0. The Morgan fingerprint density at radius 3 is 2.50 bits per heavy atom. The fraction of sp³-hybridized carbons (Fsp3) is 0.500. The third-order valence-corrected chi connectivity index (χ3v) is 1.31. The zero-order valence-corrected chi connectivity index (χ0v) is 8.39. The molecule has 0 saturated heterocycles. The van der Waals surface area contributed by atoms with E-state index in [1.54, 1.807) is 0 Å². The summed E-state index contributed by atoms with van der Waals surface area (Å²) < 4.78 is 0. The third-order valence-electron chi connectivity index (χ3n) is 1.31. The number of hydrogen-bond donors (Lipinski definition) is 1. The molecule has 12 heavy (non-hydrogen) atoms. The van der Waals surface area contributed by atoms with Crippen LogP contribution in [0.15, 0.2) is 18.5 Å². The van der Waals surface area contributed by atoms with E-state index in [1.165, 1.54) is 11.1 Å². The normalized spacial score (nSPS) is 8.67. The smallest absolute Gasteiger partial charge is 0.0313 e. The van der Waals surface area contributed by atoms with Crippen LogP contribution in [0.25, 0.3) is 0 Å². The minimum Gasteiger partial charge on any atom is -0.316 e. The topological polar surface area (TPSA) is 24.9 Å².